The third-order valence-electron chi connectivity index (χ3n) is 4.54. The first-order valence-corrected chi connectivity index (χ1v) is 8.01. The van der Waals surface area contributed by atoms with Crippen LogP contribution in [0.2, 0.25) is 0 Å². The lowest BCUT2D eigenvalue weighted by Gasteiger charge is -2.37. The highest BCUT2D eigenvalue weighted by molar-refractivity contribution is 5.02. The summed E-state index contributed by atoms with van der Waals surface area (Å²) in [6.45, 7) is 1.73. The minimum Gasteiger partial charge on any atom is -0.394 e. The van der Waals surface area contributed by atoms with Gasteiger partial charge in [-0.15, -0.1) is 0 Å². The van der Waals surface area contributed by atoms with Gasteiger partial charge in [-0.05, 0) is 26.2 Å². The smallest absolute Gasteiger partial charge is 0.330 e. The van der Waals surface area contributed by atoms with Crippen LogP contribution in [0.4, 0.5) is 0 Å². The summed E-state index contributed by atoms with van der Waals surface area (Å²) in [6, 6.07) is 1.18. The number of aromatic amines is 1. The fourth-order valence-corrected chi connectivity index (χ4v) is 3.20. The minimum absolute atomic E-state index is 0.430. The average Bonchev–Trinajstić information content (AvgIpc) is 2.80. The molecule has 2 fully saturated rings. The maximum atomic E-state index is 12.1. The van der Waals surface area contributed by atoms with Crippen molar-refractivity contribution in [1.29, 1.82) is 0 Å². The lowest BCUT2D eigenvalue weighted by Crippen LogP contribution is -2.51. The quantitative estimate of drug-likeness (QED) is 0.647. The molecule has 2 aliphatic heterocycles. The molecule has 0 amide bonds. The van der Waals surface area contributed by atoms with Gasteiger partial charge in [0, 0.05) is 18.9 Å². The molecule has 2 saturated heterocycles. The molecule has 3 heterocycles. The zero-order valence-corrected chi connectivity index (χ0v) is 13.4. The molecule has 3 rings (SSSR count). The summed E-state index contributed by atoms with van der Waals surface area (Å²) in [6.07, 6.45) is 0.197. The van der Waals surface area contributed by atoms with Crippen LogP contribution in [0, 0.1) is 0 Å². The van der Waals surface area contributed by atoms with Gasteiger partial charge in [0.15, 0.2) is 12.5 Å². The molecule has 1 aromatic heterocycles. The first-order valence-electron chi connectivity index (χ1n) is 8.01. The van der Waals surface area contributed by atoms with E-state index in [1.165, 1.54) is 12.3 Å². The minimum atomic E-state index is -1.32. The van der Waals surface area contributed by atoms with Gasteiger partial charge in [-0.2, -0.15) is 0 Å². The summed E-state index contributed by atoms with van der Waals surface area (Å²) in [7, 11) is 0. The van der Waals surface area contributed by atoms with Crippen molar-refractivity contribution in [3.8, 4) is 0 Å². The van der Waals surface area contributed by atoms with Crippen molar-refractivity contribution >= 4 is 0 Å². The molecular formula is C15H22N2O7. The first kappa shape index (κ1) is 17.3. The summed E-state index contributed by atoms with van der Waals surface area (Å²) in [5.74, 6) is 0. The van der Waals surface area contributed by atoms with Gasteiger partial charge in [0.2, 0.25) is 0 Å². The van der Waals surface area contributed by atoms with E-state index < -0.39 is 48.2 Å². The largest absolute Gasteiger partial charge is 0.394 e. The van der Waals surface area contributed by atoms with E-state index in [0.717, 1.165) is 17.4 Å². The number of nitrogens with zero attached hydrogens (tertiary/aromatic N) is 1. The summed E-state index contributed by atoms with van der Waals surface area (Å²) >= 11 is 0. The predicted octanol–water partition coefficient (Wildman–Crippen LogP) is -0.911. The van der Waals surface area contributed by atoms with E-state index in [2.05, 4.69) is 4.98 Å². The second-order valence-electron chi connectivity index (χ2n) is 6.27. The van der Waals surface area contributed by atoms with Crippen LogP contribution in [0.15, 0.2) is 21.9 Å². The molecule has 9 nitrogen and oxygen atoms in total. The third-order valence-corrected chi connectivity index (χ3v) is 4.54. The Balaban J connectivity index is 1.94. The highest BCUT2D eigenvalue weighted by atomic mass is 16.7. The molecular weight excluding hydrogens is 320 g/mol. The fraction of sp³-hybridized carbons (Fsp3) is 0.733. The van der Waals surface area contributed by atoms with Gasteiger partial charge in [0.25, 0.3) is 5.56 Å². The van der Waals surface area contributed by atoms with E-state index in [9.17, 15) is 19.8 Å². The molecule has 9 heteroatoms. The van der Waals surface area contributed by atoms with Crippen LogP contribution in [0.25, 0.3) is 0 Å². The molecule has 5 atom stereocenters. The highest BCUT2D eigenvalue weighted by Gasteiger charge is 2.56. The molecule has 0 bridgehead atoms. The van der Waals surface area contributed by atoms with Gasteiger partial charge in [-0.3, -0.25) is 14.3 Å². The van der Waals surface area contributed by atoms with Crippen molar-refractivity contribution in [3.05, 3.63) is 33.1 Å². The van der Waals surface area contributed by atoms with Gasteiger partial charge < -0.3 is 24.4 Å². The monoisotopic (exact) mass is 342 g/mol. The summed E-state index contributed by atoms with van der Waals surface area (Å²) in [5, 5.41) is 20.0. The number of aliphatic hydroxyl groups is 2. The van der Waals surface area contributed by atoms with Gasteiger partial charge in [0.1, 0.15) is 17.8 Å². The number of aliphatic hydroxyl groups excluding tert-OH is 2. The SMILES string of the molecule is C[C@@]1(OC2CCCCO2)[C@H](O)[C@@H](CO)O[C@H]1n1ccc(=O)[nH]c1=O. The Morgan fingerprint density at radius 3 is 2.88 bits per heavy atom. The number of hydrogen-bond donors (Lipinski definition) is 3. The van der Waals surface area contributed by atoms with Crippen molar-refractivity contribution in [2.45, 2.75) is 56.5 Å². The first-order chi connectivity index (χ1) is 11.5. The predicted molar refractivity (Wildman–Crippen MR) is 81.4 cm³/mol. The van der Waals surface area contributed by atoms with Crippen molar-refractivity contribution in [2.75, 3.05) is 13.2 Å². The van der Waals surface area contributed by atoms with E-state index in [1.54, 1.807) is 6.92 Å². The maximum absolute atomic E-state index is 12.1. The Morgan fingerprint density at radius 1 is 1.46 bits per heavy atom. The maximum Gasteiger partial charge on any atom is 0.330 e. The van der Waals surface area contributed by atoms with Gasteiger partial charge in [-0.25, -0.2) is 4.79 Å². The third kappa shape index (κ3) is 3.05. The number of rotatable bonds is 4. The molecule has 1 aromatic rings. The molecule has 0 aromatic carbocycles. The molecule has 1 unspecified atom stereocenters. The van der Waals surface area contributed by atoms with Gasteiger partial charge in [0.05, 0.1) is 6.61 Å². The molecule has 0 aliphatic carbocycles. The normalized spacial score (nSPS) is 36.8. The van der Waals surface area contributed by atoms with Gasteiger partial charge >= 0.3 is 5.69 Å². The number of hydrogen-bond acceptors (Lipinski definition) is 7. The van der Waals surface area contributed by atoms with Crippen LogP contribution in [-0.2, 0) is 14.2 Å². The molecule has 2 aliphatic rings. The number of nitrogens with one attached hydrogen (secondary N) is 1. The number of ether oxygens (including phenoxy) is 3. The van der Waals surface area contributed by atoms with E-state index in [-0.39, 0.29) is 0 Å². The second-order valence-corrected chi connectivity index (χ2v) is 6.27. The Labute approximate surface area is 137 Å². The van der Waals surface area contributed by atoms with Crippen LogP contribution in [0.5, 0.6) is 0 Å². The molecule has 0 radical (unpaired) electrons. The van der Waals surface area contributed by atoms with Crippen LogP contribution in [0.1, 0.15) is 32.4 Å². The van der Waals surface area contributed by atoms with Crippen LogP contribution >= 0.6 is 0 Å². The molecule has 24 heavy (non-hydrogen) atoms. The van der Waals surface area contributed by atoms with Crippen molar-refractivity contribution in [2.24, 2.45) is 0 Å². The number of aromatic nitrogens is 2. The Kier molecular flexibility index (Phi) is 4.88. The second kappa shape index (κ2) is 6.77. The Hall–Kier alpha value is -1.52. The summed E-state index contributed by atoms with van der Waals surface area (Å²) < 4.78 is 18.3. The van der Waals surface area contributed by atoms with Crippen LogP contribution < -0.4 is 11.2 Å². The fourth-order valence-electron chi connectivity index (χ4n) is 3.20. The molecule has 134 valence electrons. The van der Waals surface area contributed by atoms with E-state index >= 15 is 0 Å². The Morgan fingerprint density at radius 2 is 2.25 bits per heavy atom. The van der Waals surface area contributed by atoms with Crippen molar-refractivity contribution in [1.82, 2.24) is 9.55 Å². The van der Waals surface area contributed by atoms with Crippen LogP contribution in [0.3, 0.4) is 0 Å². The lowest BCUT2D eigenvalue weighted by atomic mass is 9.95. The van der Waals surface area contributed by atoms with E-state index in [1.807, 2.05) is 0 Å². The van der Waals surface area contributed by atoms with Gasteiger partial charge in [-0.1, -0.05) is 0 Å². The lowest BCUT2D eigenvalue weighted by molar-refractivity contribution is -0.257. The topological polar surface area (TPSA) is 123 Å². The van der Waals surface area contributed by atoms with Crippen molar-refractivity contribution in [3.63, 3.8) is 0 Å². The standard InChI is InChI=1S/C15H22N2O7/c1-15(24-11-4-2-3-7-22-11)12(20)9(8-18)23-13(15)17-6-5-10(19)16-14(17)21/h5-6,9,11-13,18,20H,2-4,7-8H2,1H3,(H,16,19,21)/t9-,11?,12-,13-,15-/m1/s1. The number of H-pyrrole nitrogens is 1. The summed E-state index contributed by atoms with van der Waals surface area (Å²) in [4.78, 5) is 25.5. The zero-order chi connectivity index (χ0) is 17.3. The molecule has 0 saturated carbocycles. The van der Waals surface area contributed by atoms with Crippen LogP contribution in [-0.4, -0.2) is 57.1 Å². The molecule has 0 spiro atoms. The highest BCUT2D eigenvalue weighted by Crippen LogP contribution is 2.42. The van der Waals surface area contributed by atoms with E-state index in [0.29, 0.717) is 13.0 Å². The zero-order valence-electron chi connectivity index (χ0n) is 13.4. The summed E-state index contributed by atoms with van der Waals surface area (Å²) in [5.41, 5.74) is -2.54. The van der Waals surface area contributed by atoms with E-state index in [4.69, 9.17) is 14.2 Å². The Bertz CT molecular complexity index is 681. The molecule has 3 N–H and O–H groups in total. The average molecular weight is 342 g/mol. The van der Waals surface area contributed by atoms with Crippen molar-refractivity contribution < 1.29 is 24.4 Å².